The molecule has 94 valence electrons. The number of rotatable bonds is 5. The Morgan fingerprint density at radius 2 is 1.94 bits per heavy atom. The van der Waals surface area contributed by atoms with Gasteiger partial charge in [0.25, 0.3) is 0 Å². The van der Waals surface area contributed by atoms with Gasteiger partial charge in [0.2, 0.25) is 5.91 Å². The molecular formula is C10H20N2O4. The van der Waals surface area contributed by atoms with E-state index in [1.807, 2.05) is 6.92 Å². The zero-order valence-corrected chi connectivity index (χ0v) is 9.49. The Balaban J connectivity index is 2.68. The first-order valence-corrected chi connectivity index (χ1v) is 5.38. The summed E-state index contributed by atoms with van der Waals surface area (Å²) >= 11 is 0. The van der Waals surface area contributed by atoms with E-state index in [9.17, 15) is 4.79 Å². The zero-order valence-electron chi connectivity index (χ0n) is 9.49. The van der Waals surface area contributed by atoms with E-state index in [-0.39, 0.29) is 5.91 Å². The molecule has 1 heterocycles. The average molecular weight is 232 g/mol. The van der Waals surface area contributed by atoms with Crippen molar-refractivity contribution in [1.82, 2.24) is 10.6 Å². The summed E-state index contributed by atoms with van der Waals surface area (Å²) in [7, 11) is 0. The highest BCUT2D eigenvalue weighted by Gasteiger charge is 2.40. The summed E-state index contributed by atoms with van der Waals surface area (Å²) in [4.78, 5) is 12.0. The third-order valence-corrected chi connectivity index (χ3v) is 3.20. The molecule has 0 spiro atoms. The van der Waals surface area contributed by atoms with Crippen LogP contribution in [0.5, 0.6) is 0 Å². The Hall–Kier alpha value is -0.690. The van der Waals surface area contributed by atoms with E-state index in [4.69, 9.17) is 15.3 Å². The second-order valence-electron chi connectivity index (χ2n) is 4.70. The van der Waals surface area contributed by atoms with Crippen molar-refractivity contribution >= 4 is 5.91 Å². The van der Waals surface area contributed by atoms with Crippen LogP contribution in [0.25, 0.3) is 0 Å². The van der Waals surface area contributed by atoms with E-state index < -0.39 is 30.8 Å². The quantitative estimate of drug-likeness (QED) is 0.371. The Bertz CT molecular complexity index is 239. The first kappa shape index (κ1) is 13.4. The second kappa shape index (κ2) is 5.09. The van der Waals surface area contributed by atoms with Crippen molar-refractivity contribution in [2.24, 2.45) is 5.41 Å². The van der Waals surface area contributed by atoms with Crippen LogP contribution in [-0.4, -0.2) is 59.7 Å². The number of nitrogens with one attached hydrogen (secondary N) is 2. The number of carbonyl (C=O) groups excluding carboxylic acids is 1. The van der Waals surface area contributed by atoms with Gasteiger partial charge in [-0.05, 0) is 19.9 Å². The highest BCUT2D eigenvalue weighted by atomic mass is 16.3. The molecule has 1 fully saturated rings. The molecular weight excluding hydrogens is 212 g/mol. The van der Waals surface area contributed by atoms with Crippen LogP contribution in [0.1, 0.15) is 13.3 Å². The molecule has 16 heavy (non-hydrogen) atoms. The van der Waals surface area contributed by atoms with Gasteiger partial charge in [0.15, 0.2) is 0 Å². The molecule has 0 aromatic carbocycles. The van der Waals surface area contributed by atoms with Gasteiger partial charge in [-0.2, -0.15) is 0 Å². The molecule has 5 N–H and O–H groups in total. The van der Waals surface area contributed by atoms with Crippen molar-refractivity contribution in [3.8, 4) is 0 Å². The smallest absolute Gasteiger partial charge is 0.227 e. The van der Waals surface area contributed by atoms with Crippen LogP contribution in [0.2, 0.25) is 0 Å². The van der Waals surface area contributed by atoms with Crippen LogP contribution in [0.15, 0.2) is 0 Å². The van der Waals surface area contributed by atoms with E-state index in [0.29, 0.717) is 13.0 Å². The monoisotopic (exact) mass is 232 g/mol. The standard InChI is InChI=1S/C10H20N2O4/c1-9(2-3-11-4-9)8(16)12-10(5-13,6-14)7-15/h11,13-15H,2-7H2,1H3,(H,12,16). The Morgan fingerprint density at radius 3 is 2.31 bits per heavy atom. The topological polar surface area (TPSA) is 102 Å². The minimum atomic E-state index is -1.33. The molecule has 6 heteroatoms. The van der Waals surface area contributed by atoms with Gasteiger partial charge in [-0.1, -0.05) is 0 Å². The molecule has 6 nitrogen and oxygen atoms in total. The third kappa shape index (κ3) is 2.52. The molecule has 0 aromatic heterocycles. The SMILES string of the molecule is CC1(C(=O)NC(CO)(CO)CO)CCNC1. The lowest BCUT2D eigenvalue weighted by atomic mass is 9.87. The summed E-state index contributed by atoms with van der Waals surface area (Å²) in [6.07, 6.45) is 0.706. The van der Waals surface area contributed by atoms with Crippen molar-refractivity contribution in [1.29, 1.82) is 0 Å². The molecule has 1 unspecified atom stereocenters. The maximum Gasteiger partial charge on any atom is 0.227 e. The van der Waals surface area contributed by atoms with Gasteiger partial charge < -0.3 is 26.0 Å². The number of aliphatic hydroxyl groups is 3. The molecule has 1 atom stereocenters. The van der Waals surface area contributed by atoms with Crippen molar-refractivity contribution in [2.75, 3.05) is 32.9 Å². The first-order chi connectivity index (χ1) is 7.52. The average Bonchev–Trinajstić information content (AvgIpc) is 2.74. The largest absolute Gasteiger partial charge is 0.394 e. The van der Waals surface area contributed by atoms with E-state index in [1.54, 1.807) is 0 Å². The molecule has 0 aromatic rings. The first-order valence-electron chi connectivity index (χ1n) is 5.38. The van der Waals surface area contributed by atoms with Crippen LogP contribution in [0.4, 0.5) is 0 Å². The van der Waals surface area contributed by atoms with Crippen LogP contribution in [0, 0.1) is 5.41 Å². The highest BCUT2D eigenvalue weighted by Crippen LogP contribution is 2.25. The van der Waals surface area contributed by atoms with E-state index in [1.165, 1.54) is 0 Å². The predicted molar refractivity (Wildman–Crippen MR) is 57.7 cm³/mol. The van der Waals surface area contributed by atoms with Gasteiger partial charge in [0, 0.05) is 6.54 Å². The minimum absolute atomic E-state index is 0.255. The van der Waals surface area contributed by atoms with Crippen LogP contribution < -0.4 is 10.6 Å². The van der Waals surface area contributed by atoms with Crippen molar-refractivity contribution in [3.05, 3.63) is 0 Å². The number of aliphatic hydroxyl groups excluding tert-OH is 3. The normalized spacial score (nSPS) is 25.8. The van der Waals surface area contributed by atoms with Crippen molar-refractivity contribution in [2.45, 2.75) is 18.9 Å². The Kier molecular flexibility index (Phi) is 4.26. The maximum absolute atomic E-state index is 12.0. The lowest BCUT2D eigenvalue weighted by Gasteiger charge is -2.33. The fourth-order valence-corrected chi connectivity index (χ4v) is 1.67. The molecule has 1 saturated heterocycles. The predicted octanol–water partition coefficient (Wildman–Crippen LogP) is -2.18. The van der Waals surface area contributed by atoms with Gasteiger partial charge in [-0.3, -0.25) is 4.79 Å². The molecule has 0 bridgehead atoms. The van der Waals surface area contributed by atoms with Gasteiger partial charge in [-0.15, -0.1) is 0 Å². The number of carbonyl (C=O) groups is 1. The maximum atomic E-state index is 12.0. The summed E-state index contributed by atoms with van der Waals surface area (Å²) in [6, 6.07) is 0. The highest BCUT2D eigenvalue weighted by molar-refractivity contribution is 5.83. The molecule has 1 aliphatic heterocycles. The fourth-order valence-electron chi connectivity index (χ4n) is 1.67. The number of hydrogen-bond donors (Lipinski definition) is 5. The minimum Gasteiger partial charge on any atom is -0.394 e. The zero-order chi connectivity index (χ0) is 12.2. The van der Waals surface area contributed by atoms with Gasteiger partial charge in [0.05, 0.1) is 25.2 Å². The van der Waals surface area contributed by atoms with Crippen LogP contribution >= 0.6 is 0 Å². The lowest BCUT2D eigenvalue weighted by molar-refractivity contribution is -0.133. The van der Waals surface area contributed by atoms with E-state index >= 15 is 0 Å². The summed E-state index contributed by atoms with van der Waals surface area (Å²) in [5, 5.41) is 32.9. The summed E-state index contributed by atoms with van der Waals surface area (Å²) in [6.45, 7) is 1.68. The summed E-state index contributed by atoms with van der Waals surface area (Å²) < 4.78 is 0. The molecule has 0 saturated carbocycles. The Labute approximate surface area is 94.7 Å². The van der Waals surface area contributed by atoms with Gasteiger partial charge >= 0.3 is 0 Å². The second-order valence-corrected chi connectivity index (χ2v) is 4.70. The van der Waals surface area contributed by atoms with Crippen molar-refractivity contribution < 1.29 is 20.1 Å². The summed E-state index contributed by atoms with van der Waals surface area (Å²) in [5.41, 5.74) is -1.87. The van der Waals surface area contributed by atoms with E-state index in [2.05, 4.69) is 10.6 Å². The fraction of sp³-hybridized carbons (Fsp3) is 0.900. The van der Waals surface area contributed by atoms with Crippen molar-refractivity contribution in [3.63, 3.8) is 0 Å². The Morgan fingerprint density at radius 1 is 1.38 bits per heavy atom. The molecule has 1 rings (SSSR count). The molecule has 0 aliphatic carbocycles. The molecule has 1 amide bonds. The van der Waals surface area contributed by atoms with Gasteiger partial charge in [-0.25, -0.2) is 0 Å². The molecule has 0 radical (unpaired) electrons. The third-order valence-electron chi connectivity index (χ3n) is 3.20. The van der Waals surface area contributed by atoms with Gasteiger partial charge in [0.1, 0.15) is 5.54 Å². The van der Waals surface area contributed by atoms with Crippen LogP contribution in [0.3, 0.4) is 0 Å². The number of amides is 1. The van der Waals surface area contributed by atoms with Crippen LogP contribution in [-0.2, 0) is 4.79 Å². The van der Waals surface area contributed by atoms with E-state index in [0.717, 1.165) is 6.54 Å². The number of hydrogen-bond acceptors (Lipinski definition) is 5. The molecule has 1 aliphatic rings. The lowest BCUT2D eigenvalue weighted by Crippen LogP contribution is -2.60. The summed E-state index contributed by atoms with van der Waals surface area (Å²) in [5.74, 6) is -0.255.